The molecule has 4 heteroatoms. The number of anilines is 1. The van der Waals surface area contributed by atoms with Crippen molar-refractivity contribution in [1.29, 1.82) is 0 Å². The summed E-state index contributed by atoms with van der Waals surface area (Å²) in [5.41, 5.74) is 4.61. The zero-order valence-electron chi connectivity index (χ0n) is 13.6. The molecule has 2 heterocycles. The molecule has 0 saturated heterocycles. The van der Waals surface area contributed by atoms with Crippen LogP contribution >= 0.6 is 23.1 Å². The molecule has 2 aromatic carbocycles. The van der Waals surface area contributed by atoms with Gasteiger partial charge in [0, 0.05) is 33.8 Å². The van der Waals surface area contributed by atoms with Gasteiger partial charge in [0.25, 0.3) is 5.91 Å². The van der Waals surface area contributed by atoms with Gasteiger partial charge in [0.1, 0.15) is 0 Å². The van der Waals surface area contributed by atoms with Crippen LogP contribution in [-0.4, -0.2) is 13.0 Å². The predicted molar refractivity (Wildman–Crippen MR) is 103 cm³/mol. The van der Waals surface area contributed by atoms with Gasteiger partial charge in [-0.2, -0.15) is 0 Å². The van der Waals surface area contributed by atoms with Crippen molar-refractivity contribution in [1.82, 2.24) is 0 Å². The molecule has 1 aliphatic rings. The van der Waals surface area contributed by atoms with Gasteiger partial charge in [0.2, 0.25) is 0 Å². The standard InChI is InChI=1S/C20H17NOS2/c1-13-6-5-7-15(10-13)21(2)20(22)18-11-14-12-23-17-9-4-3-8-16(17)19(14)24-18/h3-11H,12H2,1-2H3. The lowest BCUT2D eigenvalue weighted by atomic mass is 10.1. The average molecular weight is 351 g/mol. The fourth-order valence-electron chi connectivity index (χ4n) is 2.92. The van der Waals surface area contributed by atoms with E-state index < -0.39 is 0 Å². The van der Waals surface area contributed by atoms with Crippen LogP contribution in [0.3, 0.4) is 0 Å². The molecule has 1 amide bonds. The summed E-state index contributed by atoms with van der Waals surface area (Å²) >= 11 is 3.45. The van der Waals surface area contributed by atoms with Crippen LogP contribution in [-0.2, 0) is 5.75 Å². The quantitative estimate of drug-likeness (QED) is 0.598. The van der Waals surface area contributed by atoms with E-state index in [0.29, 0.717) is 0 Å². The highest BCUT2D eigenvalue weighted by molar-refractivity contribution is 7.98. The Kier molecular flexibility index (Phi) is 3.94. The SMILES string of the molecule is Cc1cccc(N(C)C(=O)c2cc3c(s2)-c2ccccc2SC3)c1. The zero-order chi connectivity index (χ0) is 16.7. The van der Waals surface area contributed by atoms with Crippen LogP contribution in [0.1, 0.15) is 20.8 Å². The van der Waals surface area contributed by atoms with Crippen molar-refractivity contribution in [3.05, 3.63) is 70.6 Å². The third-order valence-corrected chi connectivity index (χ3v) is 6.55. The number of aryl methyl sites for hydroxylation is 1. The van der Waals surface area contributed by atoms with Crippen molar-refractivity contribution in [3.8, 4) is 10.4 Å². The van der Waals surface area contributed by atoms with E-state index >= 15 is 0 Å². The lowest BCUT2D eigenvalue weighted by Gasteiger charge is -2.16. The molecule has 1 aliphatic heterocycles. The Hall–Kier alpha value is -2.04. The lowest BCUT2D eigenvalue weighted by Crippen LogP contribution is -2.25. The van der Waals surface area contributed by atoms with Crippen molar-refractivity contribution in [2.75, 3.05) is 11.9 Å². The van der Waals surface area contributed by atoms with Gasteiger partial charge in [-0.25, -0.2) is 0 Å². The molecule has 0 fully saturated rings. The van der Waals surface area contributed by atoms with Crippen molar-refractivity contribution >= 4 is 34.7 Å². The number of hydrogen-bond acceptors (Lipinski definition) is 3. The maximum Gasteiger partial charge on any atom is 0.268 e. The van der Waals surface area contributed by atoms with Crippen molar-refractivity contribution in [3.63, 3.8) is 0 Å². The van der Waals surface area contributed by atoms with Crippen molar-refractivity contribution in [2.24, 2.45) is 0 Å². The Morgan fingerprint density at radius 2 is 1.92 bits per heavy atom. The summed E-state index contributed by atoms with van der Waals surface area (Å²) < 4.78 is 0. The Morgan fingerprint density at radius 3 is 2.75 bits per heavy atom. The minimum Gasteiger partial charge on any atom is -0.311 e. The Bertz CT molecular complexity index is 929. The largest absolute Gasteiger partial charge is 0.311 e. The van der Waals surface area contributed by atoms with Gasteiger partial charge >= 0.3 is 0 Å². The molecule has 120 valence electrons. The second-order valence-corrected chi connectivity index (χ2v) is 8.02. The van der Waals surface area contributed by atoms with Gasteiger partial charge in [0.05, 0.1) is 4.88 Å². The Morgan fingerprint density at radius 1 is 1.08 bits per heavy atom. The summed E-state index contributed by atoms with van der Waals surface area (Å²) in [5, 5.41) is 0. The van der Waals surface area contributed by atoms with E-state index in [-0.39, 0.29) is 5.91 Å². The van der Waals surface area contributed by atoms with Gasteiger partial charge in [-0.15, -0.1) is 23.1 Å². The van der Waals surface area contributed by atoms with Crippen LogP contribution in [0.25, 0.3) is 10.4 Å². The summed E-state index contributed by atoms with van der Waals surface area (Å²) in [6, 6.07) is 18.5. The van der Waals surface area contributed by atoms with E-state index in [1.54, 1.807) is 16.2 Å². The number of thiophene rings is 1. The minimum atomic E-state index is 0.0579. The number of fused-ring (bicyclic) bond motifs is 3. The smallest absolute Gasteiger partial charge is 0.268 e. The van der Waals surface area contributed by atoms with Gasteiger partial charge < -0.3 is 4.90 Å². The monoisotopic (exact) mass is 351 g/mol. The van der Waals surface area contributed by atoms with Crippen LogP contribution in [0.5, 0.6) is 0 Å². The molecule has 0 N–H and O–H groups in total. The van der Waals surface area contributed by atoms with E-state index in [9.17, 15) is 4.79 Å². The van der Waals surface area contributed by atoms with E-state index in [1.165, 1.54) is 20.9 Å². The van der Waals surface area contributed by atoms with E-state index in [2.05, 4.69) is 30.3 Å². The fraction of sp³-hybridized carbons (Fsp3) is 0.150. The lowest BCUT2D eigenvalue weighted by molar-refractivity contribution is 0.0997. The first-order chi connectivity index (χ1) is 11.6. The second-order valence-electron chi connectivity index (χ2n) is 5.95. The number of hydrogen-bond donors (Lipinski definition) is 0. The van der Waals surface area contributed by atoms with Crippen molar-refractivity contribution in [2.45, 2.75) is 17.6 Å². The molecule has 0 radical (unpaired) electrons. The zero-order valence-corrected chi connectivity index (χ0v) is 15.2. The molecular formula is C20H17NOS2. The molecule has 1 aromatic heterocycles. The second kappa shape index (κ2) is 6.11. The summed E-state index contributed by atoms with van der Waals surface area (Å²) in [5.74, 6) is 0.993. The highest BCUT2D eigenvalue weighted by Crippen LogP contribution is 2.45. The van der Waals surface area contributed by atoms with E-state index in [4.69, 9.17) is 0 Å². The third kappa shape index (κ3) is 2.66. The number of carbonyl (C=O) groups is 1. The van der Waals surface area contributed by atoms with Crippen LogP contribution < -0.4 is 4.90 Å². The highest BCUT2D eigenvalue weighted by Gasteiger charge is 2.23. The molecule has 3 aromatic rings. The first kappa shape index (κ1) is 15.5. The van der Waals surface area contributed by atoms with Crippen LogP contribution in [0, 0.1) is 6.92 Å². The van der Waals surface area contributed by atoms with Gasteiger partial charge in [0.15, 0.2) is 0 Å². The first-order valence-corrected chi connectivity index (χ1v) is 9.63. The number of benzene rings is 2. The van der Waals surface area contributed by atoms with Gasteiger partial charge in [-0.05, 0) is 42.3 Å². The highest BCUT2D eigenvalue weighted by atomic mass is 32.2. The number of thioether (sulfide) groups is 1. The minimum absolute atomic E-state index is 0.0579. The maximum atomic E-state index is 12.9. The molecule has 0 atom stereocenters. The molecule has 0 unspecified atom stereocenters. The average Bonchev–Trinajstić information content (AvgIpc) is 3.05. The van der Waals surface area contributed by atoms with Crippen LogP contribution in [0.15, 0.2) is 59.5 Å². The van der Waals surface area contributed by atoms with E-state index in [1.807, 2.05) is 50.0 Å². The molecule has 0 aliphatic carbocycles. The first-order valence-electron chi connectivity index (χ1n) is 7.83. The molecule has 0 spiro atoms. The third-order valence-electron chi connectivity index (χ3n) is 4.23. The van der Waals surface area contributed by atoms with E-state index in [0.717, 1.165) is 21.9 Å². The number of nitrogens with zero attached hydrogens (tertiary/aromatic N) is 1. The summed E-state index contributed by atoms with van der Waals surface area (Å²) in [7, 11) is 1.85. The molecule has 0 saturated carbocycles. The maximum absolute atomic E-state index is 12.9. The van der Waals surface area contributed by atoms with Crippen molar-refractivity contribution < 1.29 is 4.79 Å². The fourth-order valence-corrected chi connectivity index (χ4v) is 5.31. The topological polar surface area (TPSA) is 20.3 Å². The van der Waals surface area contributed by atoms with Crippen LogP contribution in [0.4, 0.5) is 5.69 Å². The number of carbonyl (C=O) groups excluding carboxylic acids is 1. The molecule has 24 heavy (non-hydrogen) atoms. The van der Waals surface area contributed by atoms with Gasteiger partial charge in [-0.3, -0.25) is 4.79 Å². The predicted octanol–water partition coefficient (Wildman–Crippen LogP) is 5.61. The van der Waals surface area contributed by atoms with Gasteiger partial charge in [-0.1, -0.05) is 30.3 Å². The molecule has 2 nitrogen and oxygen atoms in total. The number of rotatable bonds is 2. The molecule has 0 bridgehead atoms. The molecule has 4 rings (SSSR count). The summed E-state index contributed by atoms with van der Waals surface area (Å²) in [6.07, 6.45) is 0. The normalized spacial score (nSPS) is 12.4. The summed E-state index contributed by atoms with van der Waals surface area (Å²) in [6.45, 7) is 2.04. The number of amides is 1. The van der Waals surface area contributed by atoms with Crippen LogP contribution in [0.2, 0.25) is 0 Å². The Labute approximate surface area is 150 Å². The summed E-state index contributed by atoms with van der Waals surface area (Å²) in [4.78, 5) is 18.0. The Balaban J connectivity index is 1.69. The molecular weight excluding hydrogens is 334 g/mol.